The van der Waals surface area contributed by atoms with Crippen LogP contribution in [0.1, 0.15) is 16.8 Å². The second kappa shape index (κ2) is 7.71. The topological polar surface area (TPSA) is 88.5 Å². The second-order valence-corrected chi connectivity index (χ2v) is 7.01. The minimum absolute atomic E-state index is 0.122. The van der Waals surface area contributed by atoms with E-state index in [0.29, 0.717) is 17.9 Å². The number of pyridine rings is 1. The molecule has 0 fully saturated rings. The molecule has 4 rings (SSSR count). The van der Waals surface area contributed by atoms with Gasteiger partial charge in [-0.05, 0) is 43.2 Å². The number of aryl methyl sites for hydroxylation is 2. The number of nitrogens with zero attached hydrogens (tertiary/aromatic N) is 4. The smallest absolute Gasteiger partial charge is 0.254 e. The standard InChI is InChI=1S/C22H22N6O/c1-14-15(2)26-21(27-22(14)29)18-7-8-20(24-11-18)23-10-16-5-4-6-17(9-16)19-12-25-28(3)13-19/h4-9,11-13H,10H2,1-3H3,(H,23,24)(H,26,27,29). The summed E-state index contributed by atoms with van der Waals surface area (Å²) in [6.07, 6.45) is 5.57. The van der Waals surface area contributed by atoms with E-state index in [9.17, 15) is 4.79 Å². The minimum atomic E-state index is -0.122. The van der Waals surface area contributed by atoms with E-state index >= 15 is 0 Å². The van der Waals surface area contributed by atoms with Gasteiger partial charge in [-0.3, -0.25) is 9.48 Å². The molecule has 3 aromatic heterocycles. The fraction of sp³-hybridized carbons (Fsp3) is 0.182. The van der Waals surface area contributed by atoms with Gasteiger partial charge in [-0.25, -0.2) is 9.97 Å². The Kier molecular flexibility index (Phi) is 4.95. The summed E-state index contributed by atoms with van der Waals surface area (Å²) in [5, 5.41) is 7.56. The molecule has 0 spiro atoms. The van der Waals surface area contributed by atoms with E-state index in [1.807, 2.05) is 44.6 Å². The zero-order valence-corrected chi connectivity index (χ0v) is 16.6. The average Bonchev–Trinajstić information content (AvgIpc) is 3.17. The molecule has 2 N–H and O–H groups in total. The summed E-state index contributed by atoms with van der Waals surface area (Å²) in [7, 11) is 1.91. The Bertz CT molecular complexity index is 1210. The van der Waals surface area contributed by atoms with E-state index in [1.54, 1.807) is 17.8 Å². The number of anilines is 1. The predicted molar refractivity (Wildman–Crippen MR) is 114 cm³/mol. The van der Waals surface area contributed by atoms with Gasteiger partial charge in [0.05, 0.1) is 6.20 Å². The first-order valence-corrected chi connectivity index (χ1v) is 9.35. The van der Waals surface area contributed by atoms with Gasteiger partial charge in [0, 0.05) is 48.4 Å². The summed E-state index contributed by atoms with van der Waals surface area (Å²) in [6, 6.07) is 12.1. The molecule has 0 saturated carbocycles. The number of hydrogen-bond acceptors (Lipinski definition) is 5. The molecule has 7 heteroatoms. The molecule has 3 heterocycles. The number of H-pyrrole nitrogens is 1. The highest BCUT2D eigenvalue weighted by atomic mass is 16.1. The molecule has 0 radical (unpaired) electrons. The van der Waals surface area contributed by atoms with Crippen LogP contribution in [0.5, 0.6) is 0 Å². The second-order valence-electron chi connectivity index (χ2n) is 7.01. The third kappa shape index (κ3) is 4.08. The van der Waals surface area contributed by atoms with E-state index in [4.69, 9.17) is 0 Å². The Morgan fingerprint density at radius 3 is 2.62 bits per heavy atom. The van der Waals surface area contributed by atoms with Crippen LogP contribution in [-0.4, -0.2) is 24.7 Å². The zero-order valence-electron chi connectivity index (χ0n) is 16.6. The Morgan fingerprint density at radius 1 is 1.07 bits per heavy atom. The van der Waals surface area contributed by atoms with Gasteiger partial charge in [-0.2, -0.15) is 5.10 Å². The summed E-state index contributed by atoms with van der Waals surface area (Å²) in [6.45, 7) is 4.25. The molecule has 0 unspecified atom stereocenters. The summed E-state index contributed by atoms with van der Waals surface area (Å²) in [5.74, 6) is 1.29. The lowest BCUT2D eigenvalue weighted by atomic mass is 10.1. The molecule has 0 aliphatic rings. The SMILES string of the molecule is Cc1nc(-c2ccc(NCc3cccc(-c4cnn(C)c4)c3)nc2)[nH]c(=O)c1C. The molecule has 4 aromatic rings. The molecule has 1 aromatic carbocycles. The molecular formula is C22H22N6O. The van der Waals surface area contributed by atoms with Crippen molar-refractivity contribution in [3.63, 3.8) is 0 Å². The number of nitrogens with one attached hydrogen (secondary N) is 2. The van der Waals surface area contributed by atoms with Gasteiger partial charge in [-0.1, -0.05) is 18.2 Å². The van der Waals surface area contributed by atoms with Crippen LogP contribution in [0.3, 0.4) is 0 Å². The molecule has 0 atom stereocenters. The lowest BCUT2D eigenvalue weighted by molar-refractivity contribution is 0.768. The molecule has 0 aliphatic heterocycles. The van der Waals surface area contributed by atoms with Crippen LogP contribution in [0.15, 0.2) is 59.8 Å². The van der Waals surface area contributed by atoms with Crippen molar-refractivity contribution in [1.82, 2.24) is 24.7 Å². The number of aromatic nitrogens is 5. The lowest BCUT2D eigenvalue weighted by Crippen LogP contribution is -2.14. The van der Waals surface area contributed by atoms with Crippen molar-refractivity contribution in [2.24, 2.45) is 7.05 Å². The highest BCUT2D eigenvalue weighted by Crippen LogP contribution is 2.20. The number of aromatic amines is 1. The van der Waals surface area contributed by atoms with Crippen LogP contribution in [0, 0.1) is 13.8 Å². The van der Waals surface area contributed by atoms with Crippen molar-refractivity contribution in [2.75, 3.05) is 5.32 Å². The third-order valence-corrected chi connectivity index (χ3v) is 4.87. The maximum absolute atomic E-state index is 12.0. The van der Waals surface area contributed by atoms with Crippen molar-refractivity contribution in [3.8, 4) is 22.5 Å². The first-order chi connectivity index (χ1) is 14.0. The van der Waals surface area contributed by atoms with E-state index in [0.717, 1.165) is 33.8 Å². The maximum atomic E-state index is 12.0. The highest BCUT2D eigenvalue weighted by molar-refractivity contribution is 5.62. The molecule has 29 heavy (non-hydrogen) atoms. The van der Waals surface area contributed by atoms with Crippen LogP contribution in [-0.2, 0) is 13.6 Å². The molecule has 7 nitrogen and oxygen atoms in total. The van der Waals surface area contributed by atoms with Crippen LogP contribution in [0.2, 0.25) is 0 Å². The van der Waals surface area contributed by atoms with Gasteiger partial charge in [0.2, 0.25) is 0 Å². The van der Waals surface area contributed by atoms with Gasteiger partial charge < -0.3 is 10.3 Å². The largest absolute Gasteiger partial charge is 0.366 e. The summed E-state index contributed by atoms with van der Waals surface area (Å²) in [4.78, 5) is 23.7. The van der Waals surface area contributed by atoms with Gasteiger partial charge in [0.25, 0.3) is 5.56 Å². The fourth-order valence-electron chi connectivity index (χ4n) is 3.04. The molecular weight excluding hydrogens is 364 g/mol. The molecule has 0 saturated heterocycles. The predicted octanol–water partition coefficient (Wildman–Crippen LogP) is 3.46. The highest BCUT2D eigenvalue weighted by Gasteiger charge is 2.07. The summed E-state index contributed by atoms with van der Waals surface area (Å²) in [5.41, 5.74) is 5.38. The Hall–Kier alpha value is -3.74. The Morgan fingerprint density at radius 2 is 1.93 bits per heavy atom. The summed E-state index contributed by atoms with van der Waals surface area (Å²) < 4.78 is 1.80. The van der Waals surface area contributed by atoms with Crippen LogP contribution in [0.4, 0.5) is 5.82 Å². The normalized spacial score (nSPS) is 10.9. The maximum Gasteiger partial charge on any atom is 0.254 e. The minimum Gasteiger partial charge on any atom is -0.366 e. The van der Waals surface area contributed by atoms with E-state index in [1.165, 1.54) is 0 Å². The van der Waals surface area contributed by atoms with Crippen molar-refractivity contribution < 1.29 is 0 Å². The van der Waals surface area contributed by atoms with Crippen molar-refractivity contribution in [1.29, 1.82) is 0 Å². The van der Waals surface area contributed by atoms with E-state index in [-0.39, 0.29) is 5.56 Å². The average molecular weight is 386 g/mol. The fourth-order valence-corrected chi connectivity index (χ4v) is 3.04. The van der Waals surface area contributed by atoms with Gasteiger partial charge in [0.15, 0.2) is 0 Å². The van der Waals surface area contributed by atoms with Crippen molar-refractivity contribution in [2.45, 2.75) is 20.4 Å². The number of hydrogen-bond donors (Lipinski definition) is 2. The Balaban J connectivity index is 1.47. The monoisotopic (exact) mass is 386 g/mol. The van der Waals surface area contributed by atoms with Crippen molar-refractivity contribution in [3.05, 3.63) is 82.2 Å². The van der Waals surface area contributed by atoms with Crippen LogP contribution >= 0.6 is 0 Å². The number of rotatable bonds is 5. The molecule has 0 amide bonds. The lowest BCUT2D eigenvalue weighted by Gasteiger charge is -2.08. The van der Waals surface area contributed by atoms with Crippen LogP contribution < -0.4 is 10.9 Å². The van der Waals surface area contributed by atoms with E-state index in [2.05, 4.69) is 43.6 Å². The van der Waals surface area contributed by atoms with Gasteiger partial charge in [0.1, 0.15) is 11.6 Å². The third-order valence-electron chi connectivity index (χ3n) is 4.87. The quantitative estimate of drug-likeness (QED) is 0.548. The zero-order chi connectivity index (χ0) is 20.4. The first kappa shape index (κ1) is 18.6. The summed E-state index contributed by atoms with van der Waals surface area (Å²) >= 11 is 0. The van der Waals surface area contributed by atoms with Gasteiger partial charge in [-0.15, -0.1) is 0 Å². The van der Waals surface area contributed by atoms with E-state index < -0.39 is 0 Å². The van der Waals surface area contributed by atoms with Gasteiger partial charge >= 0.3 is 0 Å². The molecule has 0 aliphatic carbocycles. The Labute approximate surface area is 168 Å². The number of benzene rings is 1. The van der Waals surface area contributed by atoms with Crippen molar-refractivity contribution >= 4 is 5.82 Å². The molecule has 146 valence electrons. The first-order valence-electron chi connectivity index (χ1n) is 9.35. The molecule has 0 bridgehead atoms. The van der Waals surface area contributed by atoms with Crippen LogP contribution in [0.25, 0.3) is 22.5 Å².